The van der Waals surface area contributed by atoms with Crippen LogP contribution in [0.15, 0.2) is 42.7 Å². The zero-order chi connectivity index (χ0) is 29.0. The first kappa shape index (κ1) is 31.7. The van der Waals surface area contributed by atoms with Crippen LogP contribution in [0.3, 0.4) is 0 Å². The van der Waals surface area contributed by atoms with Crippen molar-refractivity contribution in [3.8, 4) is 22.9 Å². The molecule has 5 rings (SSSR count). The molecule has 0 radical (unpaired) electrons. The predicted octanol–water partition coefficient (Wildman–Crippen LogP) is 5.83. The van der Waals surface area contributed by atoms with Crippen LogP contribution in [0.5, 0.6) is 11.6 Å². The van der Waals surface area contributed by atoms with Crippen LogP contribution in [0.4, 0.5) is 19.0 Å². The Morgan fingerprint density at radius 3 is 2.48 bits per heavy atom. The molecule has 3 unspecified atom stereocenters. The van der Waals surface area contributed by atoms with E-state index in [0.717, 1.165) is 41.7 Å². The molecule has 0 saturated heterocycles. The Kier molecular flexibility index (Phi) is 10.4. The average Bonchev–Trinajstić information content (AvgIpc) is 3.38. The largest absolute Gasteiger partial charge is 0.491 e. The molecule has 0 spiro atoms. The highest BCUT2D eigenvalue weighted by Crippen LogP contribution is 2.34. The Bertz CT molecular complexity index is 1470. The number of ether oxygens (including phenoxy) is 3. The first-order chi connectivity index (χ1) is 19.8. The van der Waals surface area contributed by atoms with E-state index in [1.807, 2.05) is 24.3 Å². The van der Waals surface area contributed by atoms with Gasteiger partial charge >= 0.3 is 6.18 Å². The van der Waals surface area contributed by atoms with Crippen LogP contribution >= 0.6 is 23.7 Å². The van der Waals surface area contributed by atoms with Gasteiger partial charge in [0.15, 0.2) is 5.75 Å². The van der Waals surface area contributed by atoms with E-state index in [4.69, 9.17) is 14.2 Å². The Labute approximate surface area is 251 Å². The lowest BCUT2D eigenvalue weighted by Gasteiger charge is -2.36. The minimum absolute atomic E-state index is 0. The van der Waals surface area contributed by atoms with Gasteiger partial charge in [0.1, 0.15) is 17.0 Å². The van der Waals surface area contributed by atoms with Gasteiger partial charge in [0.05, 0.1) is 43.9 Å². The van der Waals surface area contributed by atoms with E-state index in [1.165, 1.54) is 19.5 Å². The number of halogens is 4. The Morgan fingerprint density at radius 1 is 1.00 bits per heavy atom. The van der Waals surface area contributed by atoms with Gasteiger partial charge in [-0.1, -0.05) is 24.3 Å². The Morgan fingerprint density at radius 2 is 1.79 bits per heavy atom. The molecule has 0 aliphatic heterocycles. The molecule has 3 heterocycles. The summed E-state index contributed by atoms with van der Waals surface area (Å²) in [5, 5.41) is 16.0. The van der Waals surface area contributed by atoms with Crippen molar-refractivity contribution in [3.05, 3.63) is 53.2 Å². The van der Waals surface area contributed by atoms with Crippen molar-refractivity contribution in [1.29, 1.82) is 0 Å². The first-order valence-corrected chi connectivity index (χ1v) is 14.0. The Hall–Kier alpha value is -3.26. The van der Waals surface area contributed by atoms with Gasteiger partial charge in [-0.25, -0.2) is 9.97 Å². The SMILES string of the molecule is COc1cc(-c2ccc(CNC3CCC(OC)C(Nc4ncnc5sc(CC(F)(F)F)cc45)C3)cc2)nnc1OC.Cl. The molecule has 42 heavy (non-hydrogen) atoms. The van der Waals surface area contributed by atoms with Crippen molar-refractivity contribution in [2.75, 3.05) is 26.6 Å². The fourth-order valence-electron chi connectivity index (χ4n) is 5.09. The van der Waals surface area contributed by atoms with E-state index in [2.05, 4.69) is 30.8 Å². The minimum atomic E-state index is -4.27. The van der Waals surface area contributed by atoms with Crippen LogP contribution in [0, 0.1) is 0 Å². The maximum absolute atomic E-state index is 12.9. The number of alkyl halides is 3. The summed E-state index contributed by atoms with van der Waals surface area (Å²) >= 11 is 1.04. The van der Waals surface area contributed by atoms with Crippen molar-refractivity contribution < 1.29 is 27.4 Å². The molecule has 1 aliphatic carbocycles. The van der Waals surface area contributed by atoms with Crippen LogP contribution in [0.25, 0.3) is 21.5 Å². The number of aromatic nitrogens is 4. The number of rotatable bonds is 10. The number of fused-ring (bicyclic) bond motifs is 1. The zero-order valence-corrected chi connectivity index (χ0v) is 24.9. The number of thiophene rings is 1. The van der Waals surface area contributed by atoms with E-state index in [-0.39, 0.29) is 35.5 Å². The third-order valence-electron chi connectivity index (χ3n) is 7.15. The van der Waals surface area contributed by atoms with Gasteiger partial charge in [-0.05, 0) is 30.9 Å². The summed E-state index contributed by atoms with van der Waals surface area (Å²) in [5.41, 5.74) is 2.72. The van der Waals surface area contributed by atoms with Crippen LogP contribution in [0.2, 0.25) is 0 Å². The highest BCUT2D eigenvalue weighted by molar-refractivity contribution is 7.18. The maximum Gasteiger partial charge on any atom is 0.393 e. The monoisotopic (exact) mass is 624 g/mol. The number of hydrogen-bond acceptors (Lipinski definition) is 10. The molecule has 14 heteroatoms. The van der Waals surface area contributed by atoms with E-state index in [0.29, 0.717) is 39.9 Å². The van der Waals surface area contributed by atoms with Gasteiger partial charge < -0.3 is 24.8 Å². The molecular formula is C28H32ClF3N6O3S. The summed E-state index contributed by atoms with van der Waals surface area (Å²) in [7, 11) is 4.76. The third-order valence-corrected chi connectivity index (χ3v) is 8.19. The van der Waals surface area contributed by atoms with Crippen LogP contribution < -0.4 is 20.1 Å². The van der Waals surface area contributed by atoms with Crippen LogP contribution in [0.1, 0.15) is 29.7 Å². The molecule has 2 N–H and O–H groups in total. The summed E-state index contributed by atoms with van der Waals surface area (Å²) in [6, 6.07) is 11.6. The molecule has 9 nitrogen and oxygen atoms in total. The first-order valence-electron chi connectivity index (χ1n) is 13.1. The lowest BCUT2D eigenvalue weighted by molar-refractivity contribution is -0.126. The van der Waals surface area contributed by atoms with E-state index in [9.17, 15) is 13.2 Å². The van der Waals surface area contributed by atoms with Crippen molar-refractivity contribution in [1.82, 2.24) is 25.5 Å². The number of hydrogen-bond donors (Lipinski definition) is 2. The van der Waals surface area contributed by atoms with E-state index < -0.39 is 12.6 Å². The number of nitrogens with one attached hydrogen (secondary N) is 2. The van der Waals surface area contributed by atoms with Crippen molar-refractivity contribution in [2.45, 2.75) is 56.6 Å². The molecule has 1 saturated carbocycles. The topological polar surface area (TPSA) is 103 Å². The summed E-state index contributed by atoms with van der Waals surface area (Å²) < 4.78 is 55.1. The second-order valence-corrected chi connectivity index (χ2v) is 11.0. The molecule has 3 atom stereocenters. The lowest BCUT2D eigenvalue weighted by atomic mass is 9.88. The molecule has 1 fully saturated rings. The number of methoxy groups -OCH3 is 3. The van der Waals surface area contributed by atoms with Gasteiger partial charge in [-0.2, -0.15) is 13.2 Å². The maximum atomic E-state index is 12.9. The molecule has 4 aromatic rings. The van der Waals surface area contributed by atoms with Crippen molar-refractivity contribution in [2.24, 2.45) is 0 Å². The molecular weight excluding hydrogens is 593 g/mol. The summed E-state index contributed by atoms with van der Waals surface area (Å²) in [6.07, 6.45) is -1.38. The van der Waals surface area contributed by atoms with E-state index in [1.54, 1.807) is 20.3 Å². The van der Waals surface area contributed by atoms with Gasteiger partial charge in [0, 0.05) is 36.2 Å². The normalized spacial score (nSPS) is 18.9. The molecule has 226 valence electrons. The molecule has 1 aromatic carbocycles. The smallest absolute Gasteiger partial charge is 0.393 e. The molecule has 3 aromatic heterocycles. The van der Waals surface area contributed by atoms with Gasteiger partial charge in [-0.3, -0.25) is 0 Å². The summed E-state index contributed by atoms with van der Waals surface area (Å²) in [6.45, 7) is 0.677. The molecule has 0 bridgehead atoms. The van der Waals surface area contributed by atoms with E-state index >= 15 is 0 Å². The van der Waals surface area contributed by atoms with Crippen LogP contribution in [-0.2, 0) is 17.7 Å². The molecule has 0 amide bonds. The predicted molar refractivity (Wildman–Crippen MR) is 158 cm³/mol. The van der Waals surface area contributed by atoms with Gasteiger partial charge in [0.2, 0.25) is 0 Å². The highest BCUT2D eigenvalue weighted by atomic mass is 35.5. The van der Waals surface area contributed by atoms with Crippen molar-refractivity contribution >= 4 is 39.8 Å². The highest BCUT2D eigenvalue weighted by Gasteiger charge is 2.32. The average molecular weight is 625 g/mol. The summed E-state index contributed by atoms with van der Waals surface area (Å²) in [4.78, 5) is 9.28. The van der Waals surface area contributed by atoms with Gasteiger partial charge in [0.25, 0.3) is 5.88 Å². The Balaban J connectivity index is 0.00000405. The number of anilines is 1. The quantitative estimate of drug-likeness (QED) is 0.226. The zero-order valence-electron chi connectivity index (χ0n) is 23.3. The van der Waals surface area contributed by atoms with Gasteiger partial charge in [-0.15, -0.1) is 33.9 Å². The minimum Gasteiger partial charge on any atom is -0.491 e. The lowest BCUT2D eigenvalue weighted by Crippen LogP contribution is -2.47. The second kappa shape index (κ2) is 13.8. The number of benzene rings is 1. The van der Waals surface area contributed by atoms with Crippen molar-refractivity contribution in [3.63, 3.8) is 0 Å². The number of nitrogens with zero attached hydrogens (tertiary/aromatic N) is 4. The molecule has 1 aliphatic rings. The third kappa shape index (κ3) is 7.57. The second-order valence-electron chi connectivity index (χ2n) is 9.87. The summed E-state index contributed by atoms with van der Waals surface area (Å²) in [5.74, 6) is 1.38. The fraction of sp³-hybridized carbons (Fsp3) is 0.429. The van der Waals surface area contributed by atoms with Crippen LogP contribution in [-0.4, -0.2) is 65.9 Å². The fourth-order valence-corrected chi connectivity index (χ4v) is 6.12. The standard InChI is InChI=1S/C28H31F3N6O3S.ClH/c1-38-23-9-8-18(10-22(23)35-25-20-11-19(13-28(29,30)31)41-27(20)34-15-33-25)32-14-16-4-6-17(7-5-16)21-12-24(39-2)26(40-3)37-36-21;/h4-7,11-12,15,18,22-23,32H,8-10,13-14H2,1-3H3,(H,33,34,35);1H.